The van der Waals surface area contributed by atoms with Gasteiger partial charge in [0.05, 0.1) is 6.61 Å². The molecule has 1 fully saturated rings. The maximum absolute atomic E-state index is 11.0. The van der Waals surface area contributed by atoms with Crippen molar-refractivity contribution >= 4 is 6.09 Å². The fourth-order valence-electron chi connectivity index (χ4n) is 2.15. The highest BCUT2D eigenvalue weighted by atomic mass is 16.7. The molecule has 1 aliphatic heterocycles. The molecule has 0 spiro atoms. The van der Waals surface area contributed by atoms with E-state index in [1.807, 2.05) is 30.3 Å². The highest BCUT2D eigenvalue weighted by Crippen LogP contribution is 2.18. The summed E-state index contributed by atoms with van der Waals surface area (Å²) in [6.07, 6.45) is 1.33. The summed E-state index contributed by atoms with van der Waals surface area (Å²) >= 11 is 0. The van der Waals surface area contributed by atoms with E-state index in [4.69, 9.17) is 14.6 Å². The Morgan fingerprint density at radius 2 is 2.11 bits per heavy atom. The number of carbonyl (C=O) groups is 1. The molecule has 1 aliphatic rings. The van der Waals surface area contributed by atoms with Crippen LogP contribution in [0.1, 0.15) is 24.8 Å². The molecule has 1 saturated heterocycles. The predicted molar refractivity (Wildman–Crippen MR) is 69.6 cm³/mol. The van der Waals surface area contributed by atoms with Gasteiger partial charge >= 0.3 is 6.09 Å². The van der Waals surface area contributed by atoms with Gasteiger partial charge in [0.1, 0.15) is 13.0 Å². The van der Waals surface area contributed by atoms with Gasteiger partial charge in [-0.1, -0.05) is 30.3 Å². The average Bonchev–Trinajstić information content (AvgIpc) is 2.45. The van der Waals surface area contributed by atoms with Gasteiger partial charge in [0.2, 0.25) is 0 Å². The van der Waals surface area contributed by atoms with Crippen molar-refractivity contribution in [3.05, 3.63) is 35.9 Å². The first-order valence-electron chi connectivity index (χ1n) is 6.50. The van der Waals surface area contributed by atoms with E-state index >= 15 is 0 Å². The predicted octanol–water partition coefficient (Wildman–Crippen LogP) is 2.67. The van der Waals surface area contributed by atoms with E-state index in [1.54, 1.807) is 0 Å². The van der Waals surface area contributed by atoms with E-state index < -0.39 is 6.09 Å². The first-order chi connectivity index (χ1) is 9.27. The molecular weight excluding hydrogens is 246 g/mol. The molecule has 0 aliphatic carbocycles. The highest BCUT2D eigenvalue weighted by molar-refractivity contribution is 5.65. The van der Waals surface area contributed by atoms with E-state index in [0.29, 0.717) is 13.2 Å². The highest BCUT2D eigenvalue weighted by Gasteiger charge is 2.26. The molecule has 5 nitrogen and oxygen atoms in total. The second-order valence-electron chi connectivity index (χ2n) is 4.54. The minimum atomic E-state index is -0.923. The third-order valence-electron chi connectivity index (χ3n) is 3.15. The molecule has 1 aromatic rings. The number of nitrogens with zero attached hydrogens (tertiary/aromatic N) is 1. The zero-order chi connectivity index (χ0) is 13.5. The van der Waals surface area contributed by atoms with Crippen molar-refractivity contribution in [2.75, 3.05) is 13.3 Å². The van der Waals surface area contributed by atoms with E-state index in [-0.39, 0.29) is 13.0 Å². The summed E-state index contributed by atoms with van der Waals surface area (Å²) in [5, 5.41) is 9.05. The average molecular weight is 265 g/mol. The van der Waals surface area contributed by atoms with E-state index in [9.17, 15) is 4.79 Å². The number of amides is 1. The van der Waals surface area contributed by atoms with Crippen LogP contribution in [0.4, 0.5) is 4.79 Å². The largest absolute Gasteiger partial charge is 0.465 e. The van der Waals surface area contributed by atoms with Gasteiger partial charge in [-0.15, -0.1) is 0 Å². The fourth-order valence-corrected chi connectivity index (χ4v) is 2.15. The Labute approximate surface area is 112 Å². The molecule has 1 amide bonds. The zero-order valence-corrected chi connectivity index (χ0v) is 10.8. The molecule has 1 aromatic carbocycles. The lowest BCUT2D eigenvalue weighted by atomic mass is 10.1. The third kappa shape index (κ3) is 4.22. The van der Waals surface area contributed by atoms with Crippen molar-refractivity contribution < 1.29 is 19.4 Å². The molecule has 0 saturated carbocycles. The number of hydrogen-bond acceptors (Lipinski definition) is 3. The van der Waals surface area contributed by atoms with Crippen molar-refractivity contribution in [3.8, 4) is 0 Å². The van der Waals surface area contributed by atoms with Crippen molar-refractivity contribution in [2.24, 2.45) is 0 Å². The normalized spacial score (nSPS) is 19.4. The maximum Gasteiger partial charge on any atom is 0.409 e. The molecule has 1 unspecified atom stereocenters. The van der Waals surface area contributed by atoms with Crippen LogP contribution in [0.25, 0.3) is 0 Å². The Balaban J connectivity index is 1.71. The molecule has 1 heterocycles. The lowest BCUT2D eigenvalue weighted by molar-refractivity contribution is -0.147. The van der Waals surface area contributed by atoms with Crippen LogP contribution in [0.2, 0.25) is 0 Å². The van der Waals surface area contributed by atoms with Crippen LogP contribution in [-0.4, -0.2) is 35.7 Å². The molecule has 0 bridgehead atoms. The SMILES string of the molecule is O=C(O)N1CCCCC1OCOCc1ccccc1. The van der Waals surface area contributed by atoms with Crippen LogP contribution >= 0.6 is 0 Å². The van der Waals surface area contributed by atoms with Gasteiger partial charge in [0.25, 0.3) is 0 Å². The van der Waals surface area contributed by atoms with Crippen molar-refractivity contribution in [3.63, 3.8) is 0 Å². The number of hydrogen-bond donors (Lipinski definition) is 1. The molecular formula is C14H19NO4. The number of carboxylic acid groups (broad SMARTS) is 1. The molecule has 0 radical (unpaired) electrons. The summed E-state index contributed by atoms with van der Waals surface area (Å²) in [7, 11) is 0. The molecule has 19 heavy (non-hydrogen) atoms. The van der Waals surface area contributed by atoms with Gasteiger partial charge in [0, 0.05) is 6.54 Å². The number of benzene rings is 1. The summed E-state index contributed by atoms with van der Waals surface area (Å²) in [5.74, 6) is 0. The quantitative estimate of drug-likeness (QED) is 0.657. The standard InChI is InChI=1S/C14H19NO4/c16-14(17)15-9-5-4-8-13(15)19-11-18-10-12-6-2-1-3-7-12/h1-3,6-7,13H,4-5,8-11H2,(H,16,17). The summed E-state index contributed by atoms with van der Waals surface area (Å²) < 4.78 is 10.9. The minimum absolute atomic E-state index is 0.114. The molecule has 0 aromatic heterocycles. The van der Waals surface area contributed by atoms with E-state index in [1.165, 1.54) is 4.90 Å². The van der Waals surface area contributed by atoms with Crippen LogP contribution in [-0.2, 0) is 16.1 Å². The summed E-state index contributed by atoms with van der Waals surface area (Å²) in [4.78, 5) is 12.4. The van der Waals surface area contributed by atoms with Crippen LogP contribution in [0, 0.1) is 0 Å². The van der Waals surface area contributed by atoms with Gasteiger partial charge in [0.15, 0.2) is 0 Å². The Kier molecular flexibility index (Phi) is 5.18. The molecule has 104 valence electrons. The number of rotatable bonds is 5. The van der Waals surface area contributed by atoms with Crippen LogP contribution in [0.5, 0.6) is 0 Å². The minimum Gasteiger partial charge on any atom is -0.465 e. The second-order valence-corrected chi connectivity index (χ2v) is 4.54. The fraction of sp³-hybridized carbons (Fsp3) is 0.500. The van der Waals surface area contributed by atoms with Gasteiger partial charge in [-0.3, -0.25) is 4.90 Å². The first-order valence-corrected chi connectivity index (χ1v) is 6.50. The maximum atomic E-state index is 11.0. The summed E-state index contributed by atoms with van der Waals surface area (Å²) in [5.41, 5.74) is 1.07. The van der Waals surface area contributed by atoms with Crippen LogP contribution in [0.15, 0.2) is 30.3 Å². The number of likely N-dealkylation sites (tertiary alicyclic amines) is 1. The van der Waals surface area contributed by atoms with E-state index in [2.05, 4.69) is 0 Å². The van der Waals surface area contributed by atoms with Crippen LogP contribution < -0.4 is 0 Å². The van der Waals surface area contributed by atoms with Gasteiger partial charge < -0.3 is 14.6 Å². The summed E-state index contributed by atoms with van der Waals surface area (Å²) in [6.45, 7) is 1.13. The van der Waals surface area contributed by atoms with Crippen molar-refractivity contribution in [2.45, 2.75) is 32.1 Å². The third-order valence-corrected chi connectivity index (χ3v) is 3.15. The van der Waals surface area contributed by atoms with E-state index in [0.717, 1.165) is 24.8 Å². The monoisotopic (exact) mass is 265 g/mol. The second kappa shape index (κ2) is 7.11. The topological polar surface area (TPSA) is 59.0 Å². The Hall–Kier alpha value is -1.59. The molecule has 1 atom stereocenters. The molecule has 1 N–H and O–H groups in total. The van der Waals surface area contributed by atoms with Crippen molar-refractivity contribution in [1.82, 2.24) is 4.90 Å². The smallest absolute Gasteiger partial charge is 0.409 e. The Morgan fingerprint density at radius 3 is 2.84 bits per heavy atom. The van der Waals surface area contributed by atoms with Gasteiger partial charge in [-0.2, -0.15) is 0 Å². The lowest BCUT2D eigenvalue weighted by Gasteiger charge is -2.32. The van der Waals surface area contributed by atoms with Crippen LogP contribution in [0.3, 0.4) is 0 Å². The molecule has 5 heteroatoms. The zero-order valence-electron chi connectivity index (χ0n) is 10.8. The van der Waals surface area contributed by atoms with Gasteiger partial charge in [-0.25, -0.2) is 4.79 Å². The number of ether oxygens (including phenoxy) is 2. The molecule has 2 rings (SSSR count). The Bertz CT molecular complexity index is 396. The Morgan fingerprint density at radius 1 is 1.32 bits per heavy atom. The number of piperidine rings is 1. The van der Waals surface area contributed by atoms with Gasteiger partial charge in [-0.05, 0) is 24.8 Å². The lowest BCUT2D eigenvalue weighted by Crippen LogP contribution is -2.44. The summed E-state index contributed by atoms with van der Waals surface area (Å²) in [6, 6.07) is 9.81. The first kappa shape index (κ1) is 13.8. The van der Waals surface area contributed by atoms with Crippen molar-refractivity contribution in [1.29, 1.82) is 0 Å².